The molecule has 5 nitrogen and oxygen atoms in total. The minimum atomic E-state index is -1.13. The van der Waals surface area contributed by atoms with Crippen LogP contribution in [0.15, 0.2) is 30.3 Å². The summed E-state index contributed by atoms with van der Waals surface area (Å²) in [7, 11) is 1.57. The average molecular weight is 279 g/mol. The highest BCUT2D eigenvalue weighted by atomic mass is 35.5. The maximum absolute atomic E-state index is 10.9. The van der Waals surface area contributed by atoms with Crippen LogP contribution in [0, 0.1) is 0 Å². The number of nitrogens with zero attached hydrogens (tertiary/aromatic N) is 2. The fourth-order valence-electron chi connectivity index (χ4n) is 1.67. The zero-order valence-corrected chi connectivity index (χ0v) is 10.9. The number of carboxylic acid groups (broad SMARTS) is 1. The summed E-state index contributed by atoms with van der Waals surface area (Å²) in [5.41, 5.74) is 0.744. The third-order valence-electron chi connectivity index (χ3n) is 2.50. The maximum Gasteiger partial charge on any atom is 0.354 e. The molecule has 0 radical (unpaired) electrons. The van der Waals surface area contributed by atoms with E-state index in [2.05, 4.69) is 9.97 Å². The zero-order chi connectivity index (χ0) is 13.8. The van der Waals surface area contributed by atoms with Gasteiger partial charge >= 0.3 is 5.97 Å². The molecule has 0 aliphatic rings. The van der Waals surface area contributed by atoms with Gasteiger partial charge in [0, 0.05) is 18.1 Å². The van der Waals surface area contributed by atoms with Gasteiger partial charge < -0.3 is 9.84 Å². The Morgan fingerprint density at radius 2 is 2.11 bits per heavy atom. The summed E-state index contributed by atoms with van der Waals surface area (Å²) in [4.78, 5) is 18.9. The van der Waals surface area contributed by atoms with Crippen molar-refractivity contribution in [1.82, 2.24) is 9.97 Å². The number of hydrogen-bond donors (Lipinski definition) is 1. The lowest BCUT2D eigenvalue weighted by atomic mass is 10.1. The maximum atomic E-state index is 10.9. The first-order valence-corrected chi connectivity index (χ1v) is 5.86. The molecule has 1 N–H and O–H groups in total. The topological polar surface area (TPSA) is 72.3 Å². The van der Waals surface area contributed by atoms with Crippen LogP contribution in [0.25, 0.3) is 0 Å². The van der Waals surface area contributed by atoms with E-state index in [4.69, 9.17) is 21.4 Å². The molecule has 0 aliphatic heterocycles. The molecule has 0 amide bonds. The van der Waals surface area contributed by atoms with Gasteiger partial charge in [0.05, 0.1) is 7.11 Å². The number of aromatic nitrogens is 2. The number of carboxylic acids is 1. The van der Waals surface area contributed by atoms with E-state index < -0.39 is 5.97 Å². The number of benzene rings is 1. The molecule has 1 aromatic heterocycles. The SMILES string of the molecule is COc1ccccc1Cc1nc(Cl)cc(C(=O)O)n1. The summed E-state index contributed by atoms with van der Waals surface area (Å²) < 4.78 is 5.22. The minimum Gasteiger partial charge on any atom is -0.496 e. The molecule has 6 heteroatoms. The number of rotatable bonds is 4. The number of para-hydroxylation sites is 1. The first-order chi connectivity index (χ1) is 9.10. The second-order valence-electron chi connectivity index (χ2n) is 3.79. The van der Waals surface area contributed by atoms with Crippen molar-refractivity contribution >= 4 is 17.6 Å². The highest BCUT2D eigenvalue weighted by Crippen LogP contribution is 2.20. The monoisotopic (exact) mass is 278 g/mol. The van der Waals surface area contributed by atoms with Gasteiger partial charge in [-0.05, 0) is 6.07 Å². The van der Waals surface area contributed by atoms with Gasteiger partial charge in [0.2, 0.25) is 0 Å². The standard InChI is InChI=1S/C13H11ClN2O3/c1-19-10-5-3-2-4-8(10)6-12-15-9(13(17)18)7-11(14)16-12/h2-5,7H,6H2,1H3,(H,17,18). The lowest BCUT2D eigenvalue weighted by Crippen LogP contribution is -2.06. The number of aromatic carboxylic acids is 1. The molecule has 98 valence electrons. The molecule has 0 saturated heterocycles. The van der Waals surface area contributed by atoms with Crippen molar-refractivity contribution in [2.24, 2.45) is 0 Å². The lowest BCUT2D eigenvalue weighted by molar-refractivity contribution is 0.0690. The number of hydrogen-bond acceptors (Lipinski definition) is 4. The molecule has 0 spiro atoms. The van der Waals surface area contributed by atoms with Crippen LogP contribution in [0.5, 0.6) is 5.75 Å². The molecule has 1 heterocycles. The van der Waals surface area contributed by atoms with Crippen molar-refractivity contribution in [3.05, 3.63) is 52.6 Å². The van der Waals surface area contributed by atoms with Gasteiger partial charge in [-0.3, -0.25) is 0 Å². The average Bonchev–Trinajstić information content (AvgIpc) is 2.38. The molecule has 1 aromatic carbocycles. The Balaban J connectivity index is 2.35. The molecule has 2 rings (SSSR count). The Bertz CT molecular complexity index is 617. The Morgan fingerprint density at radius 1 is 1.37 bits per heavy atom. The van der Waals surface area contributed by atoms with Crippen LogP contribution in [0.3, 0.4) is 0 Å². The number of ether oxygens (including phenoxy) is 1. The molecular formula is C13H11ClN2O3. The molecule has 0 atom stereocenters. The van der Waals surface area contributed by atoms with Gasteiger partial charge in [0.25, 0.3) is 0 Å². The molecule has 19 heavy (non-hydrogen) atoms. The highest BCUT2D eigenvalue weighted by Gasteiger charge is 2.11. The van der Waals surface area contributed by atoms with Crippen molar-refractivity contribution in [2.45, 2.75) is 6.42 Å². The third kappa shape index (κ3) is 3.20. The summed E-state index contributed by atoms with van der Waals surface area (Å²) in [6.07, 6.45) is 0.352. The van der Waals surface area contributed by atoms with Crippen LogP contribution >= 0.6 is 11.6 Å². The normalized spacial score (nSPS) is 10.2. The molecular weight excluding hydrogens is 268 g/mol. The molecule has 0 bridgehead atoms. The number of halogens is 1. The first kappa shape index (κ1) is 13.3. The predicted octanol–water partition coefficient (Wildman–Crippen LogP) is 2.43. The van der Waals surface area contributed by atoms with Crippen molar-refractivity contribution in [1.29, 1.82) is 0 Å². The Hall–Kier alpha value is -2.14. The summed E-state index contributed by atoms with van der Waals surface area (Å²) in [6, 6.07) is 8.61. The second-order valence-corrected chi connectivity index (χ2v) is 4.17. The third-order valence-corrected chi connectivity index (χ3v) is 2.70. The Labute approximate surface area is 114 Å². The van der Waals surface area contributed by atoms with Crippen molar-refractivity contribution < 1.29 is 14.6 Å². The van der Waals surface area contributed by atoms with Crippen LogP contribution in [-0.2, 0) is 6.42 Å². The fraction of sp³-hybridized carbons (Fsp3) is 0.154. The summed E-state index contributed by atoms with van der Waals surface area (Å²) in [5.74, 6) is -0.0945. The van der Waals surface area contributed by atoms with E-state index in [1.165, 1.54) is 6.07 Å². The van der Waals surface area contributed by atoms with Crippen molar-refractivity contribution in [3.8, 4) is 5.75 Å². The van der Waals surface area contributed by atoms with Gasteiger partial charge in [-0.1, -0.05) is 29.8 Å². The predicted molar refractivity (Wildman–Crippen MR) is 69.8 cm³/mol. The summed E-state index contributed by atoms with van der Waals surface area (Å²) >= 11 is 5.79. The molecule has 0 fully saturated rings. The van der Waals surface area contributed by atoms with E-state index in [0.29, 0.717) is 18.0 Å². The van der Waals surface area contributed by atoms with E-state index in [0.717, 1.165) is 5.56 Å². The molecule has 0 unspecified atom stereocenters. The van der Waals surface area contributed by atoms with Crippen LogP contribution in [-0.4, -0.2) is 28.2 Å². The van der Waals surface area contributed by atoms with Gasteiger partial charge in [0.15, 0.2) is 5.69 Å². The van der Waals surface area contributed by atoms with Gasteiger partial charge in [-0.15, -0.1) is 0 Å². The van der Waals surface area contributed by atoms with Crippen molar-refractivity contribution in [3.63, 3.8) is 0 Å². The minimum absolute atomic E-state index is 0.109. The highest BCUT2D eigenvalue weighted by molar-refractivity contribution is 6.29. The smallest absolute Gasteiger partial charge is 0.354 e. The van der Waals surface area contributed by atoms with E-state index in [9.17, 15) is 4.79 Å². The van der Waals surface area contributed by atoms with Gasteiger partial charge in [-0.2, -0.15) is 0 Å². The van der Waals surface area contributed by atoms with Crippen LogP contribution < -0.4 is 4.74 Å². The zero-order valence-electron chi connectivity index (χ0n) is 10.1. The van der Waals surface area contributed by atoms with E-state index in [-0.39, 0.29) is 10.8 Å². The van der Waals surface area contributed by atoms with Crippen LogP contribution in [0.2, 0.25) is 5.15 Å². The van der Waals surface area contributed by atoms with E-state index >= 15 is 0 Å². The number of methoxy groups -OCH3 is 1. The second kappa shape index (κ2) is 5.67. The molecule has 2 aromatic rings. The molecule has 0 saturated carbocycles. The van der Waals surface area contributed by atoms with Crippen LogP contribution in [0.1, 0.15) is 21.9 Å². The van der Waals surface area contributed by atoms with Crippen molar-refractivity contribution in [2.75, 3.05) is 7.11 Å². The lowest BCUT2D eigenvalue weighted by Gasteiger charge is -2.07. The van der Waals surface area contributed by atoms with Crippen LogP contribution in [0.4, 0.5) is 0 Å². The summed E-state index contributed by atoms with van der Waals surface area (Å²) in [6.45, 7) is 0. The Kier molecular flexibility index (Phi) is 3.97. The van der Waals surface area contributed by atoms with Gasteiger partial charge in [0.1, 0.15) is 16.7 Å². The first-order valence-electron chi connectivity index (χ1n) is 5.49. The Morgan fingerprint density at radius 3 is 2.79 bits per heavy atom. The fourth-order valence-corrected chi connectivity index (χ4v) is 1.87. The molecule has 0 aliphatic carbocycles. The van der Waals surface area contributed by atoms with E-state index in [1.54, 1.807) is 7.11 Å². The van der Waals surface area contributed by atoms with E-state index in [1.807, 2.05) is 24.3 Å². The largest absolute Gasteiger partial charge is 0.496 e. The van der Waals surface area contributed by atoms with Gasteiger partial charge in [-0.25, -0.2) is 14.8 Å². The number of carbonyl (C=O) groups is 1. The summed E-state index contributed by atoms with van der Waals surface area (Å²) in [5, 5.41) is 9.04. The quantitative estimate of drug-likeness (QED) is 0.870.